The summed E-state index contributed by atoms with van der Waals surface area (Å²) >= 11 is 3.49. The van der Waals surface area contributed by atoms with E-state index in [1.165, 1.54) is 6.42 Å². The smallest absolute Gasteiger partial charge is 0.254 e. The molecule has 20 heavy (non-hydrogen) atoms. The van der Waals surface area contributed by atoms with Crippen LogP contribution in [-0.2, 0) is 0 Å². The van der Waals surface area contributed by atoms with Gasteiger partial charge in [0.2, 0.25) is 0 Å². The fraction of sp³-hybridized carbons (Fsp3) is 0.533. The Morgan fingerprint density at radius 2 is 2.20 bits per heavy atom. The minimum atomic E-state index is 0. The number of likely N-dealkylation sites (tertiary alicyclic amines) is 1. The van der Waals surface area contributed by atoms with E-state index in [9.17, 15) is 4.79 Å². The first-order valence-corrected chi connectivity index (χ1v) is 7.70. The maximum Gasteiger partial charge on any atom is 0.254 e. The van der Waals surface area contributed by atoms with Crippen molar-refractivity contribution in [3.8, 4) is 0 Å². The lowest BCUT2D eigenvalue weighted by Gasteiger charge is -2.36. The van der Waals surface area contributed by atoms with Gasteiger partial charge in [0.05, 0.1) is 0 Å². The highest BCUT2D eigenvalue weighted by molar-refractivity contribution is 9.10. The van der Waals surface area contributed by atoms with E-state index in [2.05, 4.69) is 15.9 Å². The highest BCUT2D eigenvalue weighted by Gasteiger charge is 2.27. The third-order valence-corrected chi connectivity index (χ3v) is 4.75. The Bertz CT molecular complexity index is 465. The molecule has 5 heteroatoms. The number of hydrogen-bond donors (Lipinski definition) is 1. The van der Waals surface area contributed by atoms with Crippen molar-refractivity contribution in [2.24, 2.45) is 5.73 Å². The van der Waals surface area contributed by atoms with Crippen LogP contribution in [-0.4, -0.2) is 29.9 Å². The van der Waals surface area contributed by atoms with E-state index in [4.69, 9.17) is 5.73 Å². The van der Waals surface area contributed by atoms with Gasteiger partial charge in [-0.15, -0.1) is 12.4 Å². The lowest BCUT2D eigenvalue weighted by Crippen LogP contribution is -2.44. The van der Waals surface area contributed by atoms with Crippen molar-refractivity contribution in [2.45, 2.75) is 38.6 Å². The fourth-order valence-electron chi connectivity index (χ4n) is 2.75. The molecule has 2 N–H and O–H groups in total. The summed E-state index contributed by atoms with van der Waals surface area (Å²) in [6.07, 6.45) is 4.28. The first-order valence-electron chi connectivity index (χ1n) is 6.91. The maximum atomic E-state index is 12.7. The Labute approximate surface area is 135 Å². The molecule has 0 spiro atoms. The molecule has 3 nitrogen and oxygen atoms in total. The Morgan fingerprint density at radius 3 is 2.90 bits per heavy atom. The second-order valence-electron chi connectivity index (χ2n) is 5.14. The fourth-order valence-corrected chi connectivity index (χ4v) is 3.12. The van der Waals surface area contributed by atoms with Crippen LogP contribution in [0.25, 0.3) is 0 Å². The molecule has 0 aromatic heterocycles. The number of benzene rings is 1. The summed E-state index contributed by atoms with van der Waals surface area (Å²) < 4.78 is 0.991. The summed E-state index contributed by atoms with van der Waals surface area (Å²) in [5, 5.41) is 0. The molecule has 1 atom stereocenters. The van der Waals surface area contributed by atoms with Crippen molar-refractivity contribution < 1.29 is 4.79 Å². The van der Waals surface area contributed by atoms with Gasteiger partial charge < -0.3 is 10.6 Å². The number of nitrogens with two attached hydrogens (primary N) is 1. The number of rotatable bonds is 3. The van der Waals surface area contributed by atoms with Crippen molar-refractivity contribution in [1.82, 2.24) is 4.90 Å². The zero-order valence-electron chi connectivity index (χ0n) is 11.8. The maximum absolute atomic E-state index is 12.7. The van der Waals surface area contributed by atoms with E-state index in [0.717, 1.165) is 41.4 Å². The highest BCUT2D eigenvalue weighted by atomic mass is 79.9. The van der Waals surface area contributed by atoms with Gasteiger partial charge in [0.1, 0.15) is 0 Å². The summed E-state index contributed by atoms with van der Waals surface area (Å²) in [4.78, 5) is 14.7. The summed E-state index contributed by atoms with van der Waals surface area (Å²) in [5.41, 5.74) is 7.49. The van der Waals surface area contributed by atoms with Gasteiger partial charge in [-0.05, 0) is 56.8 Å². The zero-order chi connectivity index (χ0) is 13.8. The molecule has 112 valence electrons. The Kier molecular flexibility index (Phi) is 7.00. The second-order valence-corrected chi connectivity index (χ2v) is 5.99. The zero-order valence-corrected chi connectivity index (χ0v) is 14.2. The number of carbonyl (C=O) groups excluding carboxylic acids is 1. The van der Waals surface area contributed by atoms with Gasteiger partial charge in [-0.3, -0.25) is 4.79 Å². The van der Waals surface area contributed by atoms with Crippen molar-refractivity contribution >= 4 is 34.2 Å². The molecule has 1 saturated heterocycles. The van der Waals surface area contributed by atoms with E-state index in [1.54, 1.807) is 0 Å². The SMILES string of the molecule is Cc1c(Br)cccc1C(=O)N1CCCCC1CCN.Cl. The standard InChI is InChI=1S/C15H21BrN2O.ClH/c1-11-13(6-4-7-14(11)16)15(19)18-10-3-2-5-12(18)8-9-17;/h4,6-7,12H,2-3,5,8-10,17H2,1H3;1H. The predicted molar refractivity (Wildman–Crippen MR) is 88.5 cm³/mol. The molecule has 1 heterocycles. The van der Waals surface area contributed by atoms with Crippen LogP contribution in [0.2, 0.25) is 0 Å². The van der Waals surface area contributed by atoms with Crippen LogP contribution in [0.3, 0.4) is 0 Å². The normalized spacial score (nSPS) is 18.6. The van der Waals surface area contributed by atoms with Crippen molar-refractivity contribution in [2.75, 3.05) is 13.1 Å². The van der Waals surface area contributed by atoms with E-state index >= 15 is 0 Å². The molecular formula is C15H22BrClN2O. The monoisotopic (exact) mass is 360 g/mol. The molecule has 1 aliphatic heterocycles. The first-order chi connectivity index (χ1) is 9.15. The van der Waals surface area contributed by atoms with Crippen LogP contribution in [0.5, 0.6) is 0 Å². The minimum absolute atomic E-state index is 0. The van der Waals surface area contributed by atoms with Crippen molar-refractivity contribution in [1.29, 1.82) is 0 Å². The minimum Gasteiger partial charge on any atom is -0.336 e. The third-order valence-electron chi connectivity index (χ3n) is 3.89. The van der Waals surface area contributed by atoms with Crippen molar-refractivity contribution in [3.63, 3.8) is 0 Å². The van der Waals surface area contributed by atoms with Gasteiger partial charge >= 0.3 is 0 Å². The molecule has 0 aliphatic carbocycles. The third kappa shape index (κ3) is 3.74. The molecule has 1 unspecified atom stereocenters. The van der Waals surface area contributed by atoms with E-state index in [-0.39, 0.29) is 18.3 Å². The predicted octanol–water partition coefficient (Wildman–Crippen LogP) is 3.52. The number of halogens is 2. The van der Waals surface area contributed by atoms with Crippen LogP contribution < -0.4 is 5.73 Å². The second kappa shape index (κ2) is 8.01. The molecule has 1 fully saturated rings. The van der Waals surface area contributed by atoms with Crippen molar-refractivity contribution in [3.05, 3.63) is 33.8 Å². The van der Waals surface area contributed by atoms with Crippen LogP contribution >= 0.6 is 28.3 Å². The Hall–Kier alpha value is -0.580. The van der Waals surface area contributed by atoms with Crippen LogP contribution in [0.15, 0.2) is 22.7 Å². The lowest BCUT2D eigenvalue weighted by molar-refractivity contribution is 0.0604. The van der Waals surface area contributed by atoms with Crippen LogP contribution in [0.1, 0.15) is 41.6 Å². The van der Waals surface area contributed by atoms with Gasteiger partial charge in [0, 0.05) is 22.6 Å². The van der Waals surface area contributed by atoms with E-state index in [1.807, 2.05) is 30.0 Å². The molecule has 0 bridgehead atoms. The number of piperidine rings is 1. The molecule has 2 rings (SSSR count). The van der Waals surface area contributed by atoms with Gasteiger partial charge in [-0.25, -0.2) is 0 Å². The molecule has 1 aliphatic rings. The highest BCUT2D eigenvalue weighted by Crippen LogP contribution is 2.25. The Balaban J connectivity index is 0.00000200. The first kappa shape index (κ1) is 17.5. The summed E-state index contributed by atoms with van der Waals surface area (Å²) in [6, 6.07) is 6.12. The number of nitrogens with zero attached hydrogens (tertiary/aromatic N) is 1. The summed E-state index contributed by atoms with van der Waals surface area (Å²) in [5.74, 6) is 0.150. The van der Waals surface area contributed by atoms with Crippen LogP contribution in [0, 0.1) is 6.92 Å². The number of hydrogen-bond acceptors (Lipinski definition) is 2. The van der Waals surface area contributed by atoms with Gasteiger partial charge in [-0.1, -0.05) is 22.0 Å². The van der Waals surface area contributed by atoms with E-state index < -0.39 is 0 Å². The molecule has 1 aromatic carbocycles. The molecule has 1 amide bonds. The van der Waals surface area contributed by atoms with Gasteiger partial charge in [-0.2, -0.15) is 0 Å². The van der Waals surface area contributed by atoms with E-state index in [0.29, 0.717) is 12.6 Å². The Morgan fingerprint density at radius 1 is 1.45 bits per heavy atom. The average Bonchev–Trinajstić information content (AvgIpc) is 2.42. The average molecular weight is 362 g/mol. The molecule has 0 radical (unpaired) electrons. The summed E-state index contributed by atoms with van der Waals surface area (Å²) in [7, 11) is 0. The molecule has 1 aromatic rings. The quantitative estimate of drug-likeness (QED) is 0.895. The largest absolute Gasteiger partial charge is 0.336 e. The number of carbonyl (C=O) groups is 1. The number of amides is 1. The molecule has 0 saturated carbocycles. The van der Waals surface area contributed by atoms with Gasteiger partial charge in [0.25, 0.3) is 5.91 Å². The lowest BCUT2D eigenvalue weighted by atomic mass is 9.97. The topological polar surface area (TPSA) is 46.3 Å². The summed E-state index contributed by atoms with van der Waals surface area (Å²) in [6.45, 7) is 3.49. The van der Waals surface area contributed by atoms with Gasteiger partial charge in [0.15, 0.2) is 0 Å². The molecular weight excluding hydrogens is 340 g/mol. The van der Waals surface area contributed by atoms with Crippen LogP contribution in [0.4, 0.5) is 0 Å².